The molecule has 0 aromatic heterocycles. The molecule has 0 aliphatic heterocycles. The van der Waals surface area contributed by atoms with Crippen molar-refractivity contribution in [1.29, 1.82) is 0 Å². The summed E-state index contributed by atoms with van der Waals surface area (Å²) < 4.78 is 45.8. The number of rotatable bonds is 5. The van der Waals surface area contributed by atoms with Gasteiger partial charge < -0.3 is 9.47 Å². The largest absolute Gasteiger partial charge is 0.457 e. The Balaban J connectivity index is 3.16. The second-order valence-electron chi connectivity index (χ2n) is 3.87. The molecule has 1 aromatic carbocycles. The topological polar surface area (TPSA) is 69.7 Å². The summed E-state index contributed by atoms with van der Waals surface area (Å²) in [7, 11) is 2.35. The lowest BCUT2D eigenvalue weighted by Gasteiger charge is -2.13. The van der Waals surface area contributed by atoms with Crippen LogP contribution < -0.4 is 0 Å². The number of esters is 1. The third-order valence-electron chi connectivity index (χ3n) is 2.21. The Morgan fingerprint density at radius 1 is 1.45 bits per heavy atom. The smallest absolute Gasteiger partial charge is 0.341 e. The molecule has 0 saturated carbocycles. The van der Waals surface area contributed by atoms with Crippen molar-refractivity contribution in [3.8, 4) is 0 Å². The van der Waals surface area contributed by atoms with Crippen LogP contribution in [0.1, 0.15) is 17.3 Å². The zero-order chi connectivity index (χ0) is 15.5. The molecule has 0 radical (unpaired) electrons. The van der Waals surface area contributed by atoms with E-state index in [1.165, 1.54) is 14.0 Å². The first-order valence-corrected chi connectivity index (χ1v) is 7.99. The third-order valence-corrected chi connectivity index (χ3v) is 4.00. The van der Waals surface area contributed by atoms with Gasteiger partial charge in [0, 0.05) is 17.8 Å². The number of halogens is 3. The van der Waals surface area contributed by atoms with Gasteiger partial charge in [-0.15, -0.1) is 0 Å². The van der Waals surface area contributed by atoms with Crippen LogP contribution in [0.25, 0.3) is 0 Å². The number of methoxy groups -OCH3 is 1. The number of benzene rings is 1. The lowest BCUT2D eigenvalue weighted by molar-refractivity contribution is 0.0115. The molecule has 0 heterocycles. The second-order valence-corrected chi connectivity index (χ2v) is 6.81. The van der Waals surface area contributed by atoms with Crippen LogP contribution in [0, 0.1) is 5.82 Å². The highest BCUT2D eigenvalue weighted by atomic mass is 35.7. The third kappa shape index (κ3) is 4.31. The molecule has 20 heavy (non-hydrogen) atoms. The molecule has 1 unspecified atom stereocenters. The summed E-state index contributed by atoms with van der Waals surface area (Å²) in [5.74, 6) is -2.04. The van der Waals surface area contributed by atoms with E-state index in [1.807, 2.05) is 0 Å². The molecule has 0 spiro atoms. The average molecular weight is 345 g/mol. The molecule has 0 amide bonds. The highest BCUT2D eigenvalue weighted by Crippen LogP contribution is 2.28. The molecule has 0 aliphatic rings. The summed E-state index contributed by atoms with van der Waals surface area (Å²) in [6.07, 6.45) is -0.626. The fourth-order valence-corrected chi connectivity index (χ4v) is 2.89. The van der Waals surface area contributed by atoms with Gasteiger partial charge in [0.25, 0.3) is 9.05 Å². The molecule has 0 bridgehead atoms. The van der Waals surface area contributed by atoms with Crippen LogP contribution in [0.4, 0.5) is 4.39 Å². The summed E-state index contributed by atoms with van der Waals surface area (Å²) in [4.78, 5) is 11.2. The molecule has 112 valence electrons. The first kappa shape index (κ1) is 17.2. The minimum atomic E-state index is -4.20. The van der Waals surface area contributed by atoms with Gasteiger partial charge in [-0.25, -0.2) is 17.6 Å². The van der Waals surface area contributed by atoms with Crippen molar-refractivity contribution in [3.05, 3.63) is 28.5 Å². The van der Waals surface area contributed by atoms with Gasteiger partial charge in [-0.2, -0.15) is 0 Å². The van der Waals surface area contributed by atoms with Crippen LogP contribution in [0.5, 0.6) is 0 Å². The number of carbonyl (C=O) groups is 1. The van der Waals surface area contributed by atoms with Gasteiger partial charge in [0.1, 0.15) is 16.8 Å². The normalized spacial score (nSPS) is 13.1. The van der Waals surface area contributed by atoms with Gasteiger partial charge in [0.05, 0.1) is 17.2 Å². The van der Waals surface area contributed by atoms with Crippen molar-refractivity contribution < 1.29 is 27.1 Å². The fourth-order valence-electron chi connectivity index (χ4n) is 1.39. The van der Waals surface area contributed by atoms with Gasteiger partial charge in [-0.1, -0.05) is 11.6 Å². The van der Waals surface area contributed by atoms with Crippen molar-refractivity contribution in [3.63, 3.8) is 0 Å². The van der Waals surface area contributed by atoms with Crippen LogP contribution in [0.3, 0.4) is 0 Å². The van der Waals surface area contributed by atoms with Gasteiger partial charge >= 0.3 is 5.97 Å². The van der Waals surface area contributed by atoms with E-state index in [0.29, 0.717) is 6.07 Å². The van der Waals surface area contributed by atoms with Gasteiger partial charge in [-0.3, -0.25) is 0 Å². The Morgan fingerprint density at radius 2 is 2.05 bits per heavy atom. The van der Waals surface area contributed by atoms with E-state index in [2.05, 4.69) is 0 Å². The maximum absolute atomic E-state index is 13.7. The van der Waals surface area contributed by atoms with Crippen molar-refractivity contribution in [2.24, 2.45) is 0 Å². The van der Waals surface area contributed by atoms with E-state index < -0.39 is 42.4 Å². The Hall–Kier alpha value is -0.890. The minimum Gasteiger partial charge on any atom is -0.457 e. The summed E-state index contributed by atoms with van der Waals surface area (Å²) >= 11 is 5.57. The molecule has 0 aliphatic carbocycles. The molecule has 0 fully saturated rings. The Bertz CT molecular complexity index is 617. The molecule has 0 saturated heterocycles. The molecule has 1 rings (SSSR count). The maximum atomic E-state index is 13.7. The Morgan fingerprint density at radius 3 is 2.55 bits per heavy atom. The van der Waals surface area contributed by atoms with E-state index >= 15 is 0 Å². The van der Waals surface area contributed by atoms with Crippen molar-refractivity contribution >= 4 is 37.3 Å². The minimum absolute atomic E-state index is 0.113. The molecule has 1 atom stereocenters. The standard InChI is InChI=1S/C11H11Cl2FO5S/c1-6(5-18-2)19-11(15)7-3-10(20(13,16)17)8(12)4-9(7)14/h3-4,6H,5H2,1-2H3. The molecule has 0 N–H and O–H groups in total. The van der Waals surface area contributed by atoms with Gasteiger partial charge in [-0.05, 0) is 19.1 Å². The summed E-state index contributed by atoms with van der Waals surface area (Å²) in [5.41, 5.74) is -0.573. The fraction of sp³-hybridized carbons (Fsp3) is 0.364. The lowest BCUT2D eigenvalue weighted by Crippen LogP contribution is -2.20. The Labute approximate surface area is 125 Å². The highest BCUT2D eigenvalue weighted by Gasteiger charge is 2.23. The average Bonchev–Trinajstić information content (AvgIpc) is 2.26. The maximum Gasteiger partial charge on any atom is 0.341 e. The predicted octanol–water partition coefficient (Wildman–Crippen LogP) is 2.60. The van der Waals surface area contributed by atoms with E-state index in [0.717, 1.165) is 6.07 Å². The van der Waals surface area contributed by atoms with Crippen molar-refractivity contribution in [2.75, 3.05) is 13.7 Å². The molecule has 9 heteroatoms. The summed E-state index contributed by atoms with van der Waals surface area (Å²) in [6.45, 7) is 1.65. The van der Waals surface area contributed by atoms with Crippen LogP contribution in [-0.4, -0.2) is 34.2 Å². The lowest BCUT2D eigenvalue weighted by atomic mass is 10.2. The van der Waals surface area contributed by atoms with Crippen LogP contribution in [-0.2, 0) is 18.5 Å². The van der Waals surface area contributed by atoms with Crippen molar-refractivity contribution in [1.82, 2.24) is 0 Å². The monoisotopic (exact) mass is 344 g/mol. The number of ether oxygens (including phenoxy) is 2. The molecular formula is C11H11Cl2FO5S. The highest BCUT2D eigenvalue weighted by molar-refractivity contribution is 8.13. The predicted molar refractivity (Wildman–Crippen MR) is 71.2 cm³/mol. The first-order valence-electron chi connectivity index (χ1n) is 5.30. The Kier molecular flexibility index (Phi) is 5.76. The SMILES string of the molecule is COCC(C)OC(=O)c1cc(S(=O)(=O)Cl)c(Cl)cc1F. The first-order chi connectivity index (χ1) is 9.16. The molecule has 5 nitrogen and oxygen atoms in total. The van der Waals surface area contributed by atoms with Crippen molar-refractivity contribution in [2.45, 2.75) is 17.9 Å². The van der Waals surface area contributed by atoms with Gasteiger partial charge in [0.15, 0.2) is 0 Å². The van der Waals surface area contributed by atoms with Crippen LogP contribution in [0.15, 0.2) is 17.0 Å². The molecular weight excluding hydrogens is 334 g/mol. The van der Waals surface area contributed by atoms with Gasteiger partial charge in [0.2, 0.25) is 0 Å². The second kappa shape index (κ2) is 6.71. The summed E-state index contributed by atoms with van der Waals surface area (Å²) in [6, 6.07) is 1.43. The number of carbonyl (C=O) groups excluding carboxylic acids is 1. The zero-order valence-corrected chi connectivity index (χ0v) is 12.9. The van der Waals surface area contributed by atoms with Crippen LogP contribution in [0.2, 0.25) is 5.02 Å². The van der Waals surface area contributed by atoms with E-state index in [-0.39, 0.29) is 6.61 Å². The van der Waals surface area contributed by atoms with E-state index in [1.54, 1.807) is 0 Å². The number of hydrogen-bond acceptors (Lipinski definition) is 5. The van der Waals surface area contributed by atoms with E-state index in [9.17, 15) is 17.6 Å². The number of hydrogen-bond donors (Lipinski definition) is 0. The quantitative estimate of drug-likeness (QED) is 0.606. The van der Waals surface area contributed by atoms with Crippen LogP contribution >= 0.6 is 22.3 Å². The van der Waals surface area contributed by atoms with E-state index in [4.69, 9.17) is 31.8 Å². The molecule has 1 aromatic rings. The summed E-state index contributed by atoms with van der Waals surface area (Å²) in [5, 5.41) is -0.418. The zero-order valence-electron chi connectivity index (χ0n) is 10.5.